The van der Waals surface area contributed by atoms with E-state index in [2.05, 4.69) is 23.9 Å². The molecule has 1 aromatic heterocycles. The van der Waals surface area contributed by atoms with Crippen LogP contribution < -0.4 is 11.3 Å². The molecule has 1 unspecified atom stereocenters. The zero-order valence-electron chi connectivity index (χ0n) is 8.83. The molecule has 78 valence electrons. The van der Waals surface area contributed by atoms with Gasteiger partial charge in [0.2, 0.25) is 0 Å². The van der Waals surface area contributed by atoms with Gasteiger partial charge in [0.1, 0.15) is 0 Å². The predicted molar refractivity (Wildman–Crippen MR) is 57.3 cm³/mol. The summed E-state index contributed by atoms with van der Waals surface area (Å²) in [5.74, 6) is 5.50. The number of nitrogens with zero attached hydrogens (tertiary/aromatic N) is 2. The van der Waals surface area contributed by atoms with E-state index in [-0.39, 0.29) is 6.04 Å². The van der Waals surface area contributed by atoms with Gasteiger partial charge in [-0.05, 0) is 12.8 Å². The third-order valence-corrected chi connectivity index (χ3v) is 2.40. The van der Waals surface area contributed by atoms with Crippen molar-refractivity contribution in [2.24, 2.45) is 12.9 Å². The van der Waals surface area contributed by atoms with Crippen LogP contribution in [0.3, 0.4) is 0 Å². The van der Waals surface area contributed by atoms with Crippen molar-refractivity contribution >= 4 is 0 Å². The van der Waals surface area contributed by atoms with Crippen molar-refractivity contribution in [3.63, 3.8) is 0 Å². The Balaban J connectivity index is 2.72. The number of nitrogens with two attached hydrogens (primary N) is 1. The molecule has 3 N–H and O–H groups in total. The van der Waals surface area contributed by atoms with Crippen LogP contribution >= 0.6 is 0 Å². The molecule has 14 heavy (non-hydrogen) atoms. The smallest absolute Gasteiger partial charge is 0.0946 e. The second-order valence-corrected chi connectivity index (χ2v) is 3.46. The number of hydrogen-bond acceptors (Lipinski definition) is 3. The van der Waals surface area contributed by atoms with E-state index in [0.29, 0.717) is 0 Å². The van der Waals surface area contributed by atoms with Gasteiger partial charge in [-0.25, -0.2) is 4.98 Å². The van der Waals surface area contributed by atoms with E-state index in [1.54, 1.807) is 6.33 Å². The first kappa shape index (κ1) is 10.9. The lowest BCUT2D eigenvalue weighted by atomic mass is 10.0. The first-order valence-corrected chi connectivity index (χ1v) is 4.78. The van der Waals surface area contributed by atoms with Crippen molar-refractivity contribution in [1.29, 1.82) is 0 Å². The molecule has 1 aromatic rings. The average molecular weight is 194 g/mol. The zero-order chi connectivity index (χ0) is 10.6. The number of nitrogens with one attached hydrogen (secondary N) is 1. The second kappa shape index (κ2) is 4.93. The molecule has 4 heteroatoms. The van der Waals surface area contributed by atoms with Gasteiger partial charge in [0.15, 0.2) is 0 Å². The number of imidazole rings is 1. The lowest BCUT2D eigenvalue weighted by molar-refractivity contribution is 0.516. The minimum absolute atomic E-state index is 0.106. The molecular formula is C10H18N4. The van der Waals surface area contributed by atoms with Crippen LogP contribution in [0.5, 0.6) is 0 Å². The van der Waals surface area contributed by atoms with E-state index in [0.717, 1.165) is 18.5 Å². The number of hydrogen-bond donors (Lipinski definition) is 2. The fourth-order valence-corrected chi connectivity index (χ4v) is 1.39. The van der Waals surface area contributed by atoms with Crippen molar-refractivity contribution in [3.8, 4) is 0 Å². The van der Waals surface area contributed by atoms with Gasteiger partial charge in [-0.1, -0.05) is 19.1 Å². The van der Waals surface area contributed by atoms with Crippen LogP contribution in [0.1, 0.15) is 31.5 Å². The van der Waals surface area contributed by atoms with Crippen LogP contribution in [-0.4, -0.2) is 9.55 Å². The Labute approximate surface area is 84.8 Å². The van der Waals surface area contributed by atoms with Crippen LogP contribution in [0.15, 0.2) is 24.7 Å². The monoisotopic (exact) mass is 194 g/mol. The molecule has 0 saturated carbocycles. The highest BCUT2D eigenvalue weighted by atomic mass is 15.2. The highest BCUT2D eigenvalue weighted by Crippen LogP contribution is 2.19. The topological polar surface area (TPSA) is 55.9 Å². The quantitative estimate of drug-likeness (QED) is 0.422. The van der Waals surface area contributed by atoms with Crippen molar-refractivity contribution in [1.82, 2.24) is 15.0 Å². The third kappa shape index (κ3) is 2.43. The molecule has 4 nitrogen and oxygen atoms in total. The van der Waals surface area contributed by atoms with E-state index in [1.165, 1.54) is 5.57 Å². The van der Waals surface area contributed by atoms with E-state index in [4.69, 9.17) is 5.84 Å². The molecule has 0 spiro atoms. The fraction of sp³-hybridized carbons (Fsp3) is 0.500. The molecule has 0 aliphatic rings. The summed E-state index contributed by atoms with van der Waals surface area (Å²) in [7, 11) is 1.96. The van der Waals surface area contributed by atoms with Gasteiger partial charge >= 0.3 is 0 Å². The second-order valence-electron chi connectivity index (χ2n) is 3.46. The number of hydrazine groups is 1. The van der Waals surface area contributed by atoms with Gasteiger partial charge in [0.25, 0.3) is 0 Å². The van der Waals surface area contributed by atoms with Gasteiger partial charge < -0.3 is 4.57 Å². The van der Waals surface area contributed by atoms with Crippen LogP contribution in [0.4, 0.5) is 0 Å². The summed E-state index contributed by atoms with van der Waals surface area (Å²) in [5, 5.41) is 0. The Morgan fingerprint density at radius 3 is 2.93 bits per heavy atom. The molecule has 1 atom stereocenters. The maximum absolute atomic E-state index is 5.50. The van der Waals surface area contributed by atoms with E-state index < -0.39 is 0 Å². The summed E-state index contributed by atoms with van der Waals surface area (Å²) < 4.78 is 1.97. The highest BCUT2D eigenvalue weighted by molar-refractivity contribution is 5.09. The molecule has 0 bridgehead atoms. The molecule has 0 aliphatic carbocycles. The van der Waals surface area contributed by atoms with Crippen LogP contribution in [-0.2, 0) is 7.05 Å². The number of aromatic nitrogens is 2. The van der Waals surface area contributed by atoms with E-state index in [9.17, 15) is 0 Å². The molecule has 1 rings (SSSR count). The van der Waals surface area contributed by atoms with Gasteiger partial charge in [-0.15, -0.1) is 0 Å². The zero-order valence-corrected chi connectivity index (χ0v) is 8.83. The summed E-state index contributed by atoms with van der Waals surface area (Å²) in [6.07, 6.45) is 5.43. The van der Waals surface area contributed by atoms with Crippen LogP contribution in [0.2, 0.25) is 0 Å². The SMILES string of the molecule is C=C(CC)CC(NN)c1cncn1C. The van der Waals surface area contributed by atoms with E-state index >= 15 is 0 Å². The summed E-state index contributed by atoms with van der Waals surface area (Å²) in [6.45, 7) is 6.07. The van der Waals surface area contributed by atoms with Gasteiger partial charge in [-0.3, -0.25) is 11.3 Å². The first-order chi connectivity index (χ1) is 6.69. The maximum atomic E-state index is 5.50. The summed E-state index contributed by atoms with van der Waals surface area (Å²) in [5.41, 5.74) is 5.06. The van der Waals surface area contributed by atoms with E-state index in [1.807, 2.05) is 17.8 Å². The molecule has 0 aromatic carbocycles. The largest absolute Gasteiger partial charge is 0.336 e. The average Bonchev–Trinajstić information content (AvgIpc) is 2.60. The predicted octanol–water partition coefficient (Wildman–Crippen LogP) is 1.28. The van der Waals surface area contributed by atoms with Crippen molar-refractivity contribution in [2.45, 2.75) is 25.8 Å². The minimum atomic E-state index is 0.106. The fourth-order valence-electron chi connectivity index (χ4n) is 1.39. The van der Waals surface area contributed by atoms with Crippen molar-refractivity contribution in [2.75, 3.05) is 0 Å². The lowest BCUT2D eigenvalue weighted by Crippen LogP contribution is -2.29. The molecule has 0 fully saturated rings. The van der Waals surface area contributed by atoms with Crippen LogP contribution in [0.25, 0.3) is 0 Å². The molecule has 0 aliphatic heterocycles. The Kier molecular flexibility index (Phi) is 3.85. The summed E-state index contributed by atoms with van der Waals surface area (Å²) in [6, 6.07) is 0.106. The van der Waals surface area contributed by atoms with Crippen LogP contribution in [0, 0.1) is 0 Å². The molecular weight excluding hydrogens is 176 g/mol. The highest BCUT2D eigenvalue weighted by Gasteiger charge is 2.13. The van der Waals surface area contributed by atoms with Gasteiger partial charge in [0.05, 0.1) is 18.1 Å². The standard InChI is InChI=1S/C10H18N4/c1-4-8(2)5-9(13-11)10-6-12-7-14(10)3/h6-7,9,13H,2,4-5,11H2,1,3H3. The lowest BCUT2D eigenvalue weighted by Gasteiger charge is -2.16. The molecule has 0 saturated heterocycles. The van der Waals surface area contributed by atoms with Crippen molar-refractivity contribution in [3.05, 3.63) is 30.4 Å². The minimum Gasteiger partial charge on any atom is -0.336 e. The number of aryl methyl sites for hydroxylation is 1. The van der Waals surface area contributed by atoms with Gasteiger partial charge in [-0.2, -0.15) is 0 Å². The Morgan fingerprint density at radius 2 is 2.50 bits per heavy atom. The number of rotatable bonds is 5. The Bertz CT molecular complexity index is 303. The van der Waals surface area contributed by atoms with Crippen molar-refractivity contribution < 1.29 is 0 Å². The summed E-state index contributed by atoms with van der Waals surface area (Å²) >= 11 is 0. The van der Waals surface area contributed by atoms with Gasteiger partial charge in [0, 0.05) is 13.2 Å². The molecule has 0 radical (unpaired) electrons. The molecule has 1 heterocycles. The normalized spacial score (nSPS) is 12.8. The summed E-state index contributed by atoms with van der Waals surface area (Å²) in [4.78, 5) is 4.06. The Hall–Kier alpha value is -1.13. The Morgan fingerprint density at radius 1 is 1.79 bits per heavy atom. The maximum Gasteiger partial charge on any atom is 0.0946 e. The molecule has 0 amide bonds. The third-order valence-electron chi connectivity index (χ3n) is 2.40. The first-order valence-electron chi connectivity index (χ1n) is 4.78.